The van der Waals surface area contributed by atoms with Crippen molar-refractivity contribution in [1.29, 1.82) is 0 Å². The van der Waals surface area contributed by atoms with E-state index in [1.165, 1.54) is 50.0 Å². The Morgan fingerprint density at radius 3 is 1.42 bits per heavy atom. The van der Waals surface area contributed by atoms with Crippen molar-refractivity contribution in [2.75, 3.05) is 6.61 Å². The van der Waals surface area contributed by atoms with Gasteiger partial charge in [-0.05, 0) is 116 Å². The average molecular weight is 581 g/mol. The van der Waals surface area contributed by atoms with E-state index in [1.54, 1.807) is 0 Å². The number of rotatable bonds is 10. The van der Waals surface area contributed by atoms with Gasteiger partial charge in [0.15, 0.2) is 0 Å². The van der Waals surface area contributed by atoms with Crippen LogP contribution in [0, 0.1) is 0 Å². The van der Waals surface area contributed by atoms with Crippen molar-refractivity contribution in [1.82, 2.24) is 19.9 Å². The van der Waals surface area contributed by atoms with Crippen LogP contribution in [-0.2, 0) is 35.8 Å². The van der Waals surface area contributed by atoms with Crippen LogP contribution < -0.4 is 0 Å². The number of H-pyrrole nitrogens is 2. The maximum atomic E-state index is 6.60. The van der Waals surface area contributed by atoms with Crippen molar-refractivity contribution in [3.8, 4) is 0 Å². The van der Waals surface area contributed by atoms with Gasteiger partial charge in [0.1, 0.15) is 6.10 Å². The molecule has 0 fully saturated rings. The quantitative estimate of drug-likeness (QED) is 0.251. The minimum absolute atomic E-state index is 0.0886. The molecule has 5 heteroatoms. The lowest BCUT2D eigenvalue weighted by molar-refractivity contribution is 0.00210. The summed E-state index contributed by atoms with van der Waals surface area (Å²) < 4.78 is 6.60. The van der Waals surface area contributed by atoms with Crippen LogP contribution in [-0.4, -0.2) is 26.5 Å². The van der Waals surface area contributed by atoms with E-state index in [2.05, 4.69) is 96.5 Å². The molecule has 0 spiro atoms. The van der Waals surface area contributed by atoms with Gasteiger partial charge in [-0.1, -0.05) is 55.4 Å². The summed E-state index contributed by atoms with van der Waals surface area (Å²) in [5, 5.41) is 0. The third-order valence-electron chi connectivity index (χ3n) is 10.2. The number of nitrogens with zero attached hydrogens (tertiary/aromatic N) is 2. The molecule has 5 rings (SSSR count). The van der Waals surface area contributed by atoms with E-state index in [0.29, 0.717) is 6.61 Å². The van der Waals surface area contributed by atoms with Crippen LogP contribution in [0.5, 0.6) is 0 Å². The fourth-order valence-corrected chi connectivity index (χ4v) is 7.92. The molecule has 5 nitrogen and oxygen atoms in total. The van der Waals surface area contributed by atoms with Crippen molar-refractivity contribution >= 4 is 33.2 Å². The van der Waals surface area contributed by atoms with E-state index < -0.39 is 0 Å². The van der Waals surface area contributed by atoms with Crippen LogP contribution in [0.3, 0.4) is 0 Å². The van der Waals surface area contributed by atoms with Gasteiger partial charge in [0.25, 0.3) is 0 Å². The number of ether oxygens (including phenoxy) is 1. The van der Waals surface area contributed by atoms with Crippen LogP contribution in [0.25, 0.3) is 33.2 Å². The van der Waals surface area contributed by atoms with Crippen molar-refractivity contribution in [3.05, 3.63) is 69.3 Å². The zero-order valence-corrected chi connectivity index (χ0v) is 28.1. The molecule has 1 atom stereocenters. The number of hydrogen-bond acceptors (Lipinski definition) is 3. The Morgan fingerprint density at radius 1 is 0.581 bits per heavy atom. The number of aromatic nitrogens is 4. The summed E-state index contributed by atoms with van der Waals surface area (Å²) in [6.07, 6.45) is 7.63. The highest BCUT2D eigenvalue weighted by atomic mass is 16.5. The summed E-state index contributed by atoms with van der Waals surface area (Å²) in [6.45, 7) is 20.9. The summed E-state index contributed by atoms with van der Waals surface area (Å²) in [6, 6.07) is 9.25. The molecule has 2 aliphatic rings. The van der Waals surface area contributed by atoms with Crippen LogP contribution in [0.4, 0.5) is 0 Å². The second-order valence-electron chi connectivity index (χ2n) is 12.0. The molecule has 0 aromatic carbocycles. The number of fused-ring (bicyclic) bond motifs is 8. The minimum atomic E-state index is -0.184. The summed E-state index contributed by atoms with van der Waals surface area (Å²) in [5.74, 6) is 0. The molecular formula is C38H52N4O. The third kappa shape index (κ3) is 5.08. The molecule has 0 saturated carbocycles. The fourth-order valence-electron chi connectivity index (χ4n) is 7.92. The lowest BCUT2D eigenvalue weighted by Crippen LogP contribution is -2.30. The van der Waals surface area contributed by atoms with Crippen LogP contribution in [0.15, 0.2) is 24.3 Å². The molecular weight excluding hydrogens is 528 g/mol. The number of hydrogen-bond donors (Lipinski definition) is 2. The monoisotopic (exact) mass is 580 g/mol. The highest BCUT2D eigenvalue weighted by molar-refractivity contribution is 5.93. The number of aromatic amines is 2. The van der Waals surface area contributed by atoms with Gasteiger partial charge in [0.2, 0.25) is 0 Å². The van der Waals surface area contributed by atoms with Gasteiger partial charge in [0.05, 0.1) is 22.8 Å². The van der Waals surface area contributed by atoms with Gasteiger partial charge in [-0.2, -0.15) is 0 Å². The molecule has 0 amide bonds. The van der Waals surface area contributed by atoms with E-state index in [9.17, 15) is 0 Å². The normalized spacial score (nSPS) is 16.3. The molecule has 3 aromatic rings. The Labute approximate surface area is 258 Å². The molecule has 5 heterocycles. The van der Waals surface area contributed by atoms with E-state index >= 15 is 0 Å². The predicted octanol–water partition coefficient (Wildman–Crippen LogP) is 10.1. The lowest BCUT2D eigenvalue weighted by atomic mass is 9.75. The Kier molecular flexibility index (Phi) is 9.31. The van der Waals surface area contributed by atoms with E-state index in [1.807, 2.05) is 0 Å². The Morgan fingerprint density at radius 2 is 1.02 bits per heavy atom. The van der Waals surface area contributed by atoms with Crippen molar-refractivity contribution in [2.24, 2.45) is 0 Å². The molecule has 2 aliphatic heterocycles. The number of allylic oxidation sites excluding steroid dienone is 2. The Bertz CT molecular complexity index is 1680. The summed E-state index contributed by atoms with van der Waals surface area (Å²) in [5.41, 5.74) is 17.1. The van der Waals surface area contributed by atoms with E-state index in [-0.39, 0.29) is 11.5 Å². The topological polar surface area (TPSA) is 66.6 Å². The van der Waals surface area contributed by atoms with Crippen molar-refractivity contribution < 1.29 is 4.74 Å². The second-order valence-corrected chi connectivity index (χ2v) is 12.0. The van der Waals surface area contributed by atoms with E-state index in [0.717, 1.165) is 79.7 Å². The zero-order chi connectivity index (χ0) is 30.9. The molecule has 8 bridgehead atoms. The molecule has 0 saturated heterocycles. The second kappa shape index (κ2) is 12.8. The molecule has 230 valence electrons. The van der Waals surface area contributed by atoms with E-state index in [4.69, 9.17) is 14.7 Å². The molecule has 0 radical (unpaired) electrons. The Balaban J connectivity index is 2.03. The van der Waals surface area contributed by atoms with Gasteiger partial charge in [-0.15, -0.1) is 0 Å². The zero-order valence-electron chi connectivity index (χ0n) is 28.1. The average Bonchev–Trinajstić information content (AvgIpc) is 3.72. The highest BCUT2D eigenvalue weighted by Gasteiger charge is 2.45. The fraction of sp³-hybridized carbons (Fsp3) is 0.526. The van der Waals surface area contributed by atoms with Gasteiger partial charge >= 0.3 is 0 Å². The predicted molar refractivity (Wildman–Crippen MR) is 183 cm³/mol. The van der Waals surface area contributed by atoms with Crippen LogP contribution in [0.1, 0.15) is 139 Å². The number of nitrogens with one attached hydrogen (secondary N) is 2. The van der Waals surface area contributed by atoms with Gasteiger partial charge < -0.3 is 14.7 Å². The maximum Gasteiger partial charge on any atom is 0.111 e. The van der Waals surface area contributed by atoms with Crippen molar-refractivity contribution in [2.45, 2.75) is 125 Å². The molecule has 0 aliphatic carbocycles. The standard InChI is InChI=1S/C38H52N4O/c1-10-23-24(11-2)30-20-32-27(14-5)28(15-6)34(41-32)22-36-38(16-7,17-8)37(43-18-9)35(42-36)21-33-26(13-4)25(12-3)31(40-33)19-29(23)39-30/h19-22,37,40-41H,10-18H2,1-9H3. The number of aryl methyl sites for hydroxylation is 4. The molecule has 43 heavy (non-hydrogen) atoms. The maximum absolute atomic E-state index is 6.60. The first-order chi connectivity index (χ1) is 20.9. The first kappa shape index (κ1) is 31.3. The minimum Gasteiger partial charge on any atom is -0.371 e. The van der Waals surface area contributed by atoms with Gasteiger partial charge in [-0.25, -0.2) is 4.98 Å². The third-order valence-corrected chi connectivity index (χ3v) is 10.2. The van der Waals surface area contributed by atoms with Gasteiger partial charge in [0, 0.05) is 34.1 Å². The first-order valence-electron chi connectivity index (χ1n) is 17.0. The molecule has 3 aromatic heterocycles. The molecule has 2 N–H and O–H groups in total. The Hall–Kier alpha value is -3.18. The van der Waals surface area contributed by atoms with Gasteiger partial charge in [-0.3, -0.25) is 4.98 Å². The summed E-state index contributed by atoms with van der Waals surface area (Å²) in [7, 11) is 0. The summed E-state index contributed by atoms with van der Waals surface area (Å²) >= 11 is 0. The molecule has 1 unspecified atom stereocenters. The lowest BCUT2D eigenvalue weighted by Gasteiger charge is -2.33. The highest BCUT2D eigenvalue weighted by Crippen LogP contribution is 2.48. The smallest absolute Gasteiger partial charge is 0.111 e. The first-order valence-corrected chi connectivity index (χ1v) is 17.0. The van der Waals surface area contributed by atoms with Crippen LogP contribution in [0.2, 0.25) is 0 Å². The SMILES string of the molecule is CCOC1c2cc3[nH]c(cc4nc(cc5[nH]c(cc(n2)C1(CC)CC)c(CC)c5CC)C(CC)=C4CC)c(CC)c3CC. The van der Waals surface area contributed by atoms with Crippen molar-refractivity contribution in [3.63, 3.8) is 0 Å². The largest absolute Gasteiger partial charge is 0.371 e. The van der Waals surface area contributed by atoms with Crippen LogP contribution >= 0.6 is 0 Å². The summed E-state index contributed by atoms with van der Waals surface area (Å²) in [4.78, 5) is 18.5.